The van der Waals surface area contributed by atoms with Gasteiger partial charge in [0, 0.05) is 18.7 Å². The molecule has 1 aromatic heterocycles. The SMILES string of the molecule is COc1cccc(Oc2ccc(Cl)c(C(=O)NCC3(O)CCCCC3)c2)n1. The molecule has 6 nitrogen and oxygen atoms in total. The number of pyridine rings is 1. The van der Waals surface area contributed by atoms with Gasteiger partial charge in [0.25, 0.3) is 5.91 Å². The number of nitrogens with zero attached hydrogens (tertiary/aromatic N) is 1. The molecule has 1 amide bonds. The third kappa shape index (κ3) is 5.11. The van der Waals surface area contributed by atoms with E-state index >= 15 is 0 Å². The number of hydrogen-bond acceptors (Lipinski definition) is 5. The van der Waals surface area contributed by atoms with Gasteiger partial charge in [-0.05, 0) is 31.0 Å². The maximum atomic E-state index is 12.6. The molecule has 1 fully saturated rings. The van der Waals surface area contributed by atoms with E-state index in [1.807, 2.05) is 0 Å². The molecule has 1 heterocycles. The predicted molar refractivity (Wildman–Crippen MR) is 103 cm³/mol. The summed E-state index contributed by atoms with van der Waals surface area (Å²) in [5.74, 6) is 0.865. The van der Waals surface area contributed by atoms with Crippen LogP contribution in [0.15, 0.2) is 36.4 Å². The van der Waals surface area contributed by atoms with Gasteiger partial charge >= 0.3 is 0 Å². The normalized spacial score (nSPS) is 15.8. The zero-order valence-electron chi connectivity index (χ0n) is 15.2. The van der Waals surface area contributed by atoms with Gasteiger partial charge in [-0.25, -0.2) is 0 Å². The molecule has 0 atom stereocenters. The Morgan fingerprint density at radius 2 is 1.96 bits per heavy atom. The molecule has 0 bridgehead atoms. The van der Waals surface area contributed by atoms with E-state index in [1.54, 1.807) is 36.4 Å². The Kier molecular flexibility index (Phi) is 6.19. The quantitative estimate of drug-likeness (QED) is 0.780. The number of hydrogen-bond donors (Lipinski definition) is 2. The molecule has 0 spiro atoms. The van der Waals surface area contributed by atoms with Gasteiger partial charge in [0.2, 0.25) is 11.8 Å². The molecule has 1 aliphatic carbocycles. The lowest BCUT2D eigenvalue weighted by Crippen LogP contribution is -2.44. The molecule has 2 N–H and O–H groups in total. The van der Waals surface area contributed by atoms with E-state index in [9.17, 15) is 9.90 Å². The Bertz CT molecular complexity index is 806. The lowest BCUT2D eigenvalue weighted by atomic mass is 9.85. The molecule has 0 aliphatic heterocycles. The summed E-state index contributed by atoms with van der Waals surface area (Å²) < 4.78 is 10.8. The zero-order chi connectivity index (χ0) is 19.3. The van der Waals surface area contributed by atoms with Crippen molar-refractivity contribution in [2.75, 3.05) is 13.7 Å². The second-order valence-electron chi connectivity index (χ2n) is 6.73. The smallest absolute Gasteiger partial charge is 0.253 e. The molecule has 0 saturated heterocycles. The van der Waals surface area contributed by atoms with E-state index in [0.717, 1.165) is 19.3 Å². The van der Waals surface area contributed by atoms with Crippen molar-refractivity contribution in [1.82, 2.24) is 10.3 Å². The topological polar surface area (TPSA) is 80.7 Å². The first-order chi connectivity index (χ1) is 13.0. The van der Waals surface area contributed by atoms with Gasteiger partial charge in [-0.1, -0.05) is 36.9 Å². The average Bonchev–Trinajstić information content (AvgIpc) is 2.68. The van der Waals surface area contributed by atoms with Gasteiger partial charge in [0.15, 0.2) is 0 Å². The van der Waals surface area contributed by atoms with Crippen molar-refractivity contribution in [2.45, 2.75) is 37.7 Å². The molecule has 144 valence electrons. The summed E-state index contributed by atoms with van der Waals surface area (Å²) >= 11 is 6.18. The van der Waals surface area contributed by atoms with Gasteiger partial charge < -0.3 is 19.9 Å². The molecule has 1 aromatic carbocycles. The monoisotopic (exact) mass is 390 g/mol. The van der Waals surface area contributed by atoms with Gasteiger partial charge in [0.05, 0.1) is 23.3 Å². The minimum absolute atomic E-state index is 0.213. The molecular weight excluding hydrogens is 368 g/mol. The first-order valence-corrected chi connectivity index (χ1v) is 9.36. The summed E-state index contributed by atoms with van der Waals surface area (Å²) in [7, 11) is 1.52. The van der Waals surface area contributed by atoms with Gasteiger partial charge in [-0.2, -0.15) is 4.98 Å². The van der Waals surface area contributed by atoms with Gasteiger partial charge in [-0.15, -0.1) is 0 Å². The molecule has 1 aliphatic rings. The molecule has 0 unspecified atom stereocenters. The van der Waals surface area contributed by atoms with E-state index in [2.05, 4.69) is 10.3 Å². The average molecular weight is 391 g/mol. The molecule has 7 heteroatoms. The van der Waals surface area contributed by atoms with E-state index in [4.69, 9.17) is 21.1 Å². The Morgan fingerprint density at radius 3 is 2.70 bits per heavy atom. The van der Waals surface area contributed by atoms with Crippen LogP contribution in [0.25, 0.3) is 0 Å². The summed E-state index contributed by atoms with van der Waals surface area (Å²) in [6, 6.07) is 9.98. The summed E-state index contributed by atoms with van der Waals surface area (Å²) in [5.41, 5.74) is -0.546. The fourth-order valence-corrected chi connectivity index (χ4v) is 3.36. The van der Waals surface area contributed by atoms with Crippen LogP contribution in [0, 0.1) is 0 Å². The van der Waals surface area contributed by atoms with Crippen LogP contribution in [0.5, 0.6) is 17.5 Å². The van der Waals surface area contributed by atoms with Gasteiger partial charge in [0.1, 0.15) is 5.75 Å². The van der Waals surface area contributed by atoms with Crippen LogP contribution in [0.2, 0.25) is 5.02 Å². The Morgan fingerprint density at radius 1 is 1.22 bits per heavy atom. The van der Waals surface area contributed by atoms with Crippen molar-refractivity contribution < 1.29 is 19.4 Å². The lowest BCUT2D eigenvalue weighted by Gasteiger charge is -2.32. The number of aromatic nitrogens is 1. The van der Waals surface area contributed by atoms with Crippen molar-refractivity contribution in [3.8, 4) is 17.5 Å². The van der Waals surface area contributed by atoms with E-state index in [-0.39, 0.29) is 18.0 Å². The summed E-state index contributed by atoms with van der Waals surface area (Å²) in [5, 5.41) is 13.7. The van der Waals surface area contributed by atoms with Crippen LogP contribution in [-0.4, -0.2) is 35.3 Å². The molecular formula is C20H23ClN2O4. The first-order valence-electron chi connectivity index (χ1n) is 8.98. The maximum Gasteiger partial charge on any atom is 0.253 e. The standard InChI is InChI=1S/C20H23ClN2O4/c1-26-17-6-5-7-18(23-17)27-14-8-9-16(21)15(12-14)19(24)22-13-20(25)10-3-2-4-11-20/h5-9,12,25H,2-4,10-11,13H2,1H3,(H,22,24). The van der Waals surface area contributed by atoms with Crippen molar-refractivity contribution in [1.29, 1.82) is 0 Å². The van der Waals surface area contributed by atoms with Crippen LogP contribution in [0.4, 0.5) is 0 Å². The molecule has 2 aromatic rings. The van der Waals surface area contributed by atoms with Crippen LogP contribution < -0.4 is 14.8 Å². The van der Waals surface area contributed by atoms with Crippen LogP contribution in [-0.2, 0) is 0 Å². The number of rotatable bonds is 6. The predicted octanol–water partition coefficient (Wildman–Crippen LogP) is 3.96. The highest BCUT2D eigenvalue weighted by atomic mass is 35.5. The Balaban J connectivity index is 1.69. The number of amides is 1. The highest BCUT2D eigenvalue weighted by molar-refractivity contribution is 6.33. The first kappa shape index (κ1) is 19.5. The second-order valence-corrected chi connectivity index (χ2v) is 7.14. The molecule has 1 saturated carbocycles. The van der Waals surface area contributed by atoms with Crippen LogP contribution in [0.3, 0.4) is 0 Å². The molecule has 3 rings (SSSR count). The number of benzene rings is 1. The van der Waals surface area contributed by atoms with Crippen LogP contribution >= 0.6 is 11.6 Å². The highest BCUT2D eigenvalue weighted by Crippen LogP contribution is 2.29. The minimum atomic E-state index is -0.834. The second kappa shape index (κ2) is 8.59. The van der Waals surface area contributed by atoms with E-state index in [1.165, 1.54) is 7.11 Å². The minimum Gasteiger partial charge on any atom is -0.481 e. The molecule has 0 radical (unpaired) electrons. The number of carbonyl (C=O) groups is 1. The van der Waals surface area contributed by atoms with Crippen molar-refractivity contribution >= 4 is 17.5 Å². The van der Waals surface area contributed by atoms with Crippen molar-refractivity contribution in [3.63, 3.8) is 0 Å². The number of halogens is 1. The Hall–Kier alpha value is -2.31. The third-order valence-electron chi connectivity index (χ3n) is 4.67. The molecule has 27 heavy (non-hydrogen) atoms. The Labute approximate surface area is 163 Å². The highest BCUT2D eigenvalue weighted by Gasteiger charge is 2.29. The van der Waals surface area contributed by atoms with E-state index < -0.39 is 5.60 Å². The number of carbonyl (C=O) groups excluding carboxylic acids is 1. The zero-order valence-corrected chi connectivity index (χ0v) is 16.0. The van der Waals surface area contributed by atoms with Crippen molar-refractivity contribution in [2.24, 2.45) is 0 Å². The van der Waals surface area contributed by atoms with E-state index in [0.29, 0.717) is 35.4 Å². The fraction of sp³-hybridized carbons (Fsp3) is 0.400. The summed E-state index contributed by atoms with van der Waals surface area (Å²) in [6.07, 6.45) is 4.48. The number of methoxy groups -OCH3 is 1. The van der Waals surface area contributed by atoms with Crippen LogP contribution in [0.1, 0.15) is 42.5 Å². The van der Waals surface area contributed by atoms with Crippen molar-refractivity contribution in [3.05, 3.63) is 47.0 Å². The largest absolute Gasteiger partial charge is 0.481 e. The number of nitrogens with one attached hydrogen (secondary N) is 1. The summed E-state index contributed by atoms with van der Waals surface area (Å²) in [4.78, 5) is 16.7. The maximum absolute atomic E-state index is 12.6. The summed E-state index contributed by atoms with van der Waals surface area (Å²) in [6.45, 7) is 0.213. The fourth-order valence-electron chi connectivity index (χ4n) is 3.16. The lowest BCUT2D eigenvalue weighted by molar-refractivity contribution is 0.00526. The third-order valence-corrected chi connectivity index (χ3v) is 5.00. The number of ether oxygens (including phenoxy) is 2. The number of aliphatic hydroxyl groups is 1. The van der Waals surface area contributed by atoms with Gasteiger partial charge in [-0.3, -0.25) is 4.79 Å².